The van der Waals surface area contributed by atoms with E-state index in [1.54, 1.807) is 18.4 Å². The van der Waals surface area contributed by atoms with Crippen LogP contribution in [0.15, 0.2) is 71.1 Å². The molecule has 0 amide bonds. The van der Waals surface area contributed by atoms with Gasteiger partial charge >= 0.3 is 0 Å². The quantitative estimate of drug-likeness (QED) is 0.0560. The van der Waals surface area contributed by atoms with E-state index in [9.17, 15) is 0 Å². The molecule has 7 nitrogen and oxygen atoms in total. The monoisotopic (exact) mass is 542 g/mol. The summed E-state index contributed by atoms with van der Waals surface area (Å²) in [5.41, 5.74) is 8.16. The van der Waals surface area contributed by atoms with Crippen LogP contribution >= 0.6 is 11.3 Å². The lowest BCUT2D eigenvalue weighted by Gasteiger charge is -2.14. The number of hydrazone groups is 1. The highest BCUT2D eigenvalue weighted by molar-refractivity contribution is 7.17. The molecule has 1 aromatic heterocycles. The van der Waals surface area contributed by atoms with Gasteiger partial charge in [0.2, 0.25) is 0 Å². The molecule has 4 aromatic rings. The number of nitrogens with two attached hydrogens (primary N) is 2. The van der Waals surface area contributed by atoms with E-state index in [1.165, 1.54) is 21.2 Å². The van der Waals surface area contributed by atoms with Gasteiger partial charge in [-0.15, -0.1) is 17.3 Å². The Morgan fingerprint density at radius 3 is 2.59 bits per heavy atom. The smallest absolute Gasteiger partial charge is 0.137 e. The maximum Gasteiger partial charge on any atom is 0.137 e. The maximum absolute atomic E-state index is 6.14. The lowest BCUT2D eigenvalue weighted by atomic mass is 9.95. The number of hydrazine groups is 1. The van der Waals surface area contributed by atoms with Gasteiger partial charge in [0.25, 0.3) is 0 Å². The summed E-state index contributed by atoms with van der Waals surface area (Å²) in [6, 6.07) is 20.6. The van der Waals surface area contributed by atoms with Crippen LogP contribution in [0.5, 0.6) is 11.5 Å². The van der Waals surface area contributed by atoms with Crippen LogP contribution in [0.1, 0.15) is 36.0 Å². The van der Waals surface area contributed by atoms with E-state index >= 15 is 0 Å². The van der Waals surface area contributed by atoms with Crippen molar-refractivity contribution in [3.63, 3.8) is 0 Å². The molecule has 8 heteroatoms. The zero-order valence-electron chi connectivity index (χ0n) is 22.5. The molecule has 0 bridgehead atoms. The van der Waals surface area contributed by atoms with Gasteiger partial charge in [-0.2, -0.15) is 5.10 Å². The molecule has 39 heavy (non-hydrogen) atoms. The van der Waals surface area contributed by atoms with Crippen molar-refractivity contribution in [2.75, 3.05) is 20.3 Å². The first kappa shape index (κ1) is 28.0. The largest absolute Gasteiger partial charge is 0.491 e. The number of rotatable bonds is 11. The molecular weight excluding hydrogens is 508 g/mol. The number of amidine groups is 1. The number of nitrogens with one attached hydrogen (secondary N) is 1. The second-order valence-corrected chi connectivity index (χ2v) is 9.89. The van der Waals surface area contributed by atoms with Crippen molar-refractivity contribution in [3.8, 4) is 34.5 Å². The van der Waals surface area contributed by atoms with Crippen molar-refractivity contribution >= 4 is 27.3 Å². The summed E-state index contributed by atoms with van der Waals surface area (Å²) in [5, 5.41) is 7.10. The Kier molecular flexibility index (Phi) is 9.81. The normalized spacial score (nSPS) is 12.1. The molecule has 3 aromatic carbocycles. The van der Waals surface area contributed by atoms with Gasteiger partial charge in [-0.05, 0) is 71.8 Å². The lowest BCUT2D eigenvalue weighted by Crippen LogP contribution is -2.32. The summed E-state index contributed by atoms with van der Waals surface area (Å²) >= 11 is 1.74. The second kappa shape index (κ2) is 13.7. The molecule has 0 aliphatic carbocycles. The number of fused-ring (bicyclic) bond motifs is 1. The van der Waals surface area contributed by atoms with Crippen molar-refractivity contribution in [2.24, 2.45) is 16.8 Å². The average molecular weight is 543 g/mol. The molecule has 0 aliphatic heterocycles. The summed E-state index contributed by atoms with van der Waals surface area (Å²) in [4.78, 5) is 0. The van der Waals surface area contributed by atoms with Gasteiger partial charge in [0.05, 0.1) is 12.5 Å². The third kappa shape index (κ3) is 6.89. The van der Waals surface area contributed by atoms with Crippen LogP contribution < -0.4 is 26.6 Å². The molecule has 0 radical (unpaired) electrons. The van der Waals surface area contributed by atoms with E-state index in [0.29, 0.717) is 32.1 Å². The highest BCUT2D eigenvalue weighted by Crippen LogP contribution is 2.38. The Bertz CT molecular complexity index is 1490. The summed E-state index contributed by atoms with van der Waals surface area (Å²) < 4.78 is 18.4. The summed E-state index contributed by atoms with van der Waals surface area (Å²) in [7, 11) is 1.68. The minimum Gasteiger partial charge on any atom is -0.491 e. The van der Waals surface area contributed by atoms with Gasteiger partial charge < -0.3 is 25.5 Å². The third-order valence-electron chi connectivity index (χ3n) is 6.48. The van der Waals surface area contributed by atoms with E-state index in [-0.39, 0.29) is 5.92 Å². The van der Waals surface area contributed by atoms with Crippen molar-refractivity contribution in [1.29, 1.82) is 0 Å². The molecule has 0 saturated heterocycles. The summed E-state index contributed by atoms with van der Waals surface area (Å²) in [6.45, 7) is 5.45. The van der Waals surface area contributed by atoms with E-state index in [1.807, 2.05) is 43.3 Å². The van der Waals surface area contributed by atoms with E-state index in [0.717, 1.165) is 28.2 Å². The van der Waals surface area contributed by atoms with Crippen LogP contribution in [-0.2, 0) is 11.3 Å². The Labute approximate surface area is 233 Å². The topological polar surface area (TPSA) is 104 Å². The van der Waals surface area contributed by atoms with Crippen molar-refractivity contribution in [2.45, 2.75) is 32.8 Å². The first-order chi connectivity index (χ1) is 19.1. The third-order valence-corrected chi connectivity index (χ3v) is 7.45. The predicted octanol–water partition coefficient (Wildman–Crippen LogP) is 5.71. The van der Waals surface area contributed by atoms with Crippen molar-refractivity contribution < 1.29 is 14.2 Å². The molecule has 1 unspecified atom stereocenters. The van der Waals surface area contributed by atoms with Crippen LogP contribution in [0.3, 0.4) is 0 Å². The van der Waals surface area contributed by atoms with E-state index < -0.39 is 0 Å². The number of thiophene rings is 1. The number of methoxy groups -OCH3 is 1. The molecule has 1 heterocycles. The van der Waals surface area contributed by atoms with Gasteiger partial charge in [0.15, 0.2) is 0 Å². The highest BCUT2D eigenvalue weighted by atomic mass is 32.1. The summed E-state index contributed by atoms with van der Waals surface area (Å²) in [5.74, 6) is 19.1. The first-order valence-corrected chi connectivity index (χ1v) is 13.6. The zero-order valence-corrected chi connectivity index (χ0v) is 23.3. The Hall–Kier alpha value is -4.03. The Balaban J connectivity index is 1.49. The van der Waals surface area contributed by atoms with Crippen LogP contribution in [0.25, 0.3) is 21.2 Å². The maximum atomic E-state index is 6.14. The predicted molar refractivity (Wildman–Crippen MR) is 160 cm³/mol. The van der Waals surface area contributed by atoms with Crippen LogP contribution in [0.2, 0.25) is 0 Å². The number of ether oxygens (including phenoxy) is 3. The minimum absolute atomic E-state index is 0.0749. The molecule has 5 N–H and O–H groups in total. The molecule has 4 rings (SSSR count). The van der Waals surface area contributed by atoms with Crippen molar-refractivity contribution in [3.05, 3.63) is 82.7 Å². The van der Waals surface area contributed by atoms with Gasteiger partial charge in [-0.25, -0.2) is 5.84 Å². The van der Waals surface area contributed by atoms with Gasteiger partial charge in [0, 0.05) is 29.2 Å². The lowest BCUT2D eigenvalue weighted by molar-refractivity contribution is 0.146. The van der Waals surface area contributed by atoms with Crippen LogP contribution in [-0.4, -0.2) is 26.2 Å². The Morgan fingerprint density at radius 1 is 1.05 bits per heavy atom. The van der Waals surface area contributed by atoms with E-state index in [2.05, 4.69) is 58.9 Å². The molecule has 1 atom stereocenters. The fourth-order valence-corrected chi connectivity index (χ4v) is 5.35. The number of hydrogen-bond acceptors (Lipinski definition) is 7. The van der Waals surface area contributed by atoms with Crippen LogP contribution in [0.4, 0.5) is 0 Å². The second-order valence-electron chi connectivity index (χ2n) is 8.98. The SMILES string of the molecule is CC#CC(C/C(=N/N)NN)c1ccc(OCc2ccc3scc(-c4cccc(OCCOC)c4C)c3c2)cc1. The average Bonchev–Trinajstić information content (AvgIpc) is 3.38. The van der Waals surface area contributed by atoms with Crippen LogP contribution in [0, 0.1) is 18.8 Å². The fraction of sp³-hybridized carbons (Fsp3) is 0.258. The Morgan fingerprint density at radius 2 is 1.87 bits per heavy atom. The number of nitrogens with zero attached hydrogens (tertiary/aromatic N) is 1. The van der Waals surface area contributed by atoms with Gasteiger partial charge in [-0.1, -0.05) is 36.3 Å². The first-order valence-electron chi connectivity index (χ1n) is 12.7. The van der Waals surface area contributed by atoms with Crippen molar-refractivity contribution in [1.82, 2.24) is 5.43 Å². The molecule has 0 fully saturated rings. The molecule has 0 spiro atoms. The zero-order chi connectivity index (χ0) is 27.6. The molecule has 0 saturated carbocycles. The highest BCUT2D eigenvalue weighted by Gasteiger charge is 2.14. The molecule has 0 aliphatic rings. The van der Waals surface area contributed by atoms with Gasteiger partial charge in [0.1, 0.15) is 30.5 Å². The van der Waals surface area contributed by atoms with Gasteiger partial charge in [-0.3, -0.25) is 0 Å². The minimum atomic E-state index is -0.0749. The molecule has 202 valence electrons. The molecular formula is C31H34N4O3S. The standard InChI is InChI=1S/C31H34N4O3S/c1-4-6-24(18-31(34-32)35-33)23-10-12-25(13-11-23)38-19-22-9-14-30-27(17-22)28(20-39-30)26-7-5-8-29(21(26)2)37-16-15-36-3/h5,7-14,17,20,24H,15-16,18-19,32-33H2,1-3H3,(H,34,35). The summed E-state index contributed by atoms with van der Waals surface area (Å²) in [6.07, 6.45) is 0.499. The number of hydrogen-bond donors (Lipinski definition) is 3. The fourth-order valence-electron chi connectivity index (χ4n) is 4.40. The van der Waals surface area contributed by atoms with E-state index in [4.69, 9.17) is 25.9 Å². The number of benzene rings is 3.